The van der Waals surface area contributed by atoms with Crippen molar-refractivity contribution in [3.63, 3.8) is 0 Å². The van der Waals surface area contributed by atoms with E-state index in [1.807, 2.05) is 12.1 Å². The van der Waals surface area contributed by atoms with E-state index in [0.29, 0.717) is 18.0 Å². The van der Waals surface area contributed by atoms with Gasteiger partial charge < -0.3 is 24.6 Å². The van der Waals surface area contributed by atoms with Crippen molar-refractivity contribution in [1.29, 1.82) is 0 Å². The van der Waals surface area contributed by atoms with Crippen LogP contribution in [-0.2, 0) is 18.5 Å². The largest absolute Gasteiger partial charge is 0.507 e. The van der Waals surface area contributed by atoms with E-state index in [2.05, 4.69) is 102 Å². The number of nitrogens with zero attached hydrogens (tertiary/aromatic N) is 3. The summed E-state index contributed by atoms with van der Waals surface area (Å²) in [7, 11) is 4.27. The lowest BCUT2D eigenvalue weighted by Gasteiger charge is -2.57. The minimum Gasteiger partial charge on any atom is -0.507 e. The van der Waals surface area contributed by atoms with Gasteiger partial charge in [-0.1, -0.05) is 66.2 Å². The number of para-hydroxylation sites is 3. The Bertz CT molecular complexity index is 1830. The van der Waals surface area contributed by atoms with E-state index >= 15 is 0 Å². The fourth-order valence-corrected chi connectivity index (χ4v) is 9.97. The molecule has 238 valence electrons. The molecule has 46 heavy (non-hydrogen) atoms. The van der Waals surface area contributed by atoms with Crippen LogP contribution in [0.2, 0.25) is 0 Å². The molecule has 9 rings (SSSR count). The molecule has 5 heteroatoms. The van der Waals surface area contributed by atoms with Gasteiger partial charge in [-0.05, 0) is 101 Å². The highest BCUT2D eigenvalue weighted by atomic mass is 16.3. The summed E-state index contributed by atoms with van der Waals surface area (Å²) in [6.45, 7) is 5.29. The Morgan fingerprint density at radius 3 is 1.80 bits per heavy atom. The van der Waals surface area contributed by atoms with Gasteiger partial charge in [-0.3, -0.25) is 0 Å². The van der Waals surface area contributed by atoms with Gasteiger partial charge in [0.2, 0.25) is 0 Å². The average Bonchev–Trinajstić information content (AvgIpc) is 3.36. The Morgan fingerprint density at radius 1 is 0.674 bits per heavy atom. The van der Waals surface area contributed by atoms with Crippen LogP contribution in [0.5, 0.6) is 11.5 Å². The maximum Gasteiger partial charge on any atom is 0.144 e. The second-order valence-electron chi connectivity index (χ2n) is 15.1. The van der Waals surface area contributed by atoms with Crippen LogP contribution in [0.4, 0.5) is 0 Å². The van der Waals surface area contributed by atoms with E-state index < -0.39 is 0 Å². The van der Waals surface area contributed by atoms with Gasteiger partial charge in [-0.25, -0.2) is 0 Å². The molecule has 1 heterocycles. The van der Waals surface area contributed by atoms with Crippen molar-refractivity contribution in [2.45, 2.75) is 64.0 Å². The molecule has 4 fully saturated rings. The molecule has 0 saturated heterocycles. The summed E-state index contributed by atoms with van der Waals surface area (Å²) in [4.78, 5) is 4.60. The zero-order valence-electron chi connectivity index (χ0n) is 27.5. The monoisotopic (exact) mass is 613 g/mol. The van der Waals surface area contributed by atoms with Gasteiger partial charge in [-0.2, -0.15) is 0 Å². The van der Waals surface area contributed by atoms with Crippen LogP contribution in [0, 0.1) is 24.7 Å². The highest BCUT2D eigenvalue weighted by molar-refractivity contribution is 6.09. The Hall–Kier alpha value is -3.80. The van der Waals surface area contributed by atoms with Gasteiger partial charge in [0.1, 0.15) is 11.5 Å². The van der Waals surface area contributed by atoms with Crippen LogP contribution in [-0.4, -0.2) is 51.8 Å². The Morgan fingerprint density at radius 2 is 1.22 bits per heavy atom. The molecule has 0 aliphatic heterocycles. The molecule has 5 nitrogen and oxygen atoms in total. The van der Waals surface area contributed by atoms with Crippen molar-refractivity contribution >= 4 is 21.8 Å². The lowest BCUT2D eigenvalue weighted by Crippen LogP contribution is -2.48. The standard InChI is InChI=1S/C41H47N3O2/c1-27-17-32(39(45)35(18-27)41-22-28-19-29(23-41)21-30(20-28)24-41)26-43(3)16-15-42(2)25-31-9-8-14-38(40(31)46)44-36-12-6-4-10-33(36)34-11-5-7-13-37(34)44/h4-14,17-18,28-30,45-46H,15-16,19-26H2,1-3H3. The maximum absolute atomic E-state index is 11.7. The van der Waals surface area contributed by atoms with Gasteiger partial charge >= 0.3 is 0 Å². The smallest absolute Gasteiger partial charge is 0.144 e. The summed E-state index contributed by atoms with van der Waals surface area (Å²) < 4.78 is 2.18. The van der Waals surface area contributed by atoms with Crippen LogP contribution in [0.1, 0.15) is 60.8 Å². The minimum atomic E-state index is 0.189. The molecule has 0 spiro atoms. The van der Waals surface area contributed by atoms with E-state index in [9.17, 15) is 10.2 Å². The highest BCUT2D eigenvalue weighted by Crippen LogP contribution is 2.62. The van der Waals surface area contributed by atoms with Crippen LogP contribution in [0.15, 0.2) is 78.9 Å². The summed E-state index contributed by atoms with van der Waals surface area (Å²) >= 11 is 0. The summed E-state index contributed by atoms with van der Waals surface area (Å²) in [6.07, 6.45) is 8.04. The Balaban J connectivity index is 0.967. The van der Waals surface area contributed by atoms with Crippen molar-refractivity contribution in [3.05, 3.63) is 101 Å². The van der Waals surface area contributed by atoms with Crippen molar-refractivity contribution in [1.82, 2.24) is 14.4 Å². The van der Waals surface area contributed by atoms with Gasteiger partial charge in [-0.15, -0.1) is 0 Å². The zero-order valence-corrected chi connectivity index (χ0v) is 27.5. The fraction of sp³-hybridized carbons (Fsp3) is 0.415. The van der Waals surface area contributed by atoms with E-state index in [-0.39, 0.29) is 5.41 Å². The lowest BCUT2D eigenvalue weighted by molar-refractivity contribution is -0.00624. The Kier molecular flexibility index (Phi) is 7.38. The first-order chi connectivity index (χ1) is 22.3. The van der Waals surface area contributed by atoms with E-state index in [1.54, 1.807) is 0 Å². The van der Waals surface area contributed by atoms with E-state index in [1.165, 1.54) is 60.4 Å². The van der Waals surface area contributed by atoms with Gasteiger partial charge in [0.25, 0.3) is 0 Å². The number of phenols is 2. The highest BCUT2D eigenvalue weighted by Gasteiger charge is 2.52. The van der Waals surface area contributed by atoms with E-state index in [4.69, 9.17) is 0 Å². The first-order valence-electron chi connectivity index (χ1n) is 17.3. The molecular weight excluding hydrogens is 566 g/mol. The lowest BCUT2D eigenvalue weighted by atomic mass is 9.48. The molecular formula is C41H47N3O2. The second kappa shape index (κ2) is 11.5. The number of hydrogen-bond acceptors (Lipinski definition) is 4. The third kappa shape index (κ3) is 5.09. The minimum absolute atomic E-state index is 0.189. The first-order valence-corrected chi connectivity index (χ1v) is 17.3. The van der Waals surface area contributed by atoms with Gasteiger partial charge in [0.05, 0.1) is 16.7 Å². The number of aryl methyl sites for hydroxylation is 1. The zero-order chi connectivity index (χ0) is 31.6. The topological polar surface area (TPSA) is 51.9 Å². The fourth-order valence-electron chi connectivity index (χ4n) is 9.97. The summed E-state index contributed by atoms with van der Waals surface area (Å²) in [5, 5.41) is 25.7. The van der Waals surface area contributed by atoms with E-state index in [0.717, 1.165) is 65.2 Å². The van der Waals surface area contributed by atoms with Gasteiger partial charge in [0, 0.05) is 53.6 Å². The molecule has 0 unspecified atom stereocenters. The molecule has 0 amide bonds. The molecule has 5 aromatic rings. The number of fused-ring (bicyclic) bond motifs is 3. The van der Waals surface area contributed by atoms with Crippen LogP contribution in [0.25, 0.3) is 27.5 Å². The molecule has 4 aliphatic rings. The Labute approximate surface area is 273 Å². The third-order valence-corrected chi connectivity index (χ3v) is 11.6. The number of hydrogen-bond donors (Lipinski definition) is 2. The molecule has 4 aromatic carbocycles. The molecule has 1 aromatic heterocycles. The second-order valence-corrected chi connectivity index (χ2v) is 15.1. The number of likely N-dealkylation sites (N-methyl/N-ethyl adjacent to an activating group) is 2. The first kappa shape index (κ1) is 29.6. The molecule has 4 saturated carbocycles. The quantitative estimate of drug-likeness (QED) is 0.175. The predicted octanol–water partition coefficient (Wildman–Crippen LogP) is 8.53. The molecule has 4 aliphatic carbocycles. The van der Waals surface area contributed by atoms with Crippen LogP contribution < -0.4 is 0 Å². The summed E-state index contributed by atoms with van der Waals surface area (Å²) in [6, 6.07) is 27.4. The van der Waals surface area contributed by atoms with Crippen molar-refractivity contribution in [3.8, 4) is 17.2 Å². The maximum atomic E-state index is 11.7. The molecule has 0 atom stereocenters. The number of rotatable bonds is 9. The SMILES string of the molecule is Cc1cc(CN(C)CCN(C)Cc2cccc(-n3c4ccccc4c4ccccc43)c2O)c(O)c(C23CC4CC(CC(C4)C2)C3)c1. The average molecular weight is 614 g/mol. The van der Waals surface area contributed by atoms with Crippen LogP contribution in [0.3, 0.4) is 0 Å². The third-order valence-electron chi connectivity index (χ3n) is 11.6. The number of aromatic nitrogens is 1. The molecule has 4 bridgehead atoms. The molecule has 2 N–H and O–H groups in total. The molecule has 0 radical (unpaired) electrons. The van der Waals surface area contributed by atoms with Gasteiger partial charge in [0.15, 0.2) is 0 Å². The van der Waals surface area contributed by atoms with Crippen molar-refractivity contribution < 1.29 is 10.2 Å². The van der Waals surface area contributed by atoms with Crippen molar-refractivity contribution in [2.75, 3.05) is 27.2 Å². The normalized spacial score (nSPS) is 23.8. The number of aromatic hydroxyl groups is 2. The van der Waals surface area contributed by atoms with Crippen LogP contribution >= 0.6 is 0 Å². The van der Waals surface area contributed by atoms with Crippen molar-refractivity contribution in [2.24, 2.45) is 17.8 Å². The predicted molar refractivity (Wildman–Crippen MR) is 188 cm³/mol. The number of phenolic OH excluding ortho intramolecular Hbond substituents is 2. The summed E-state index contributed by atoms with van der Waals surface area (Å²) in [5.74, 6) is 3.45. The number of benzene rings is 4. The summed E-state index contributed by atoms with van der Waals surface area (Å²) in [5.41, 5.74) is 7.68.